The van der Waals surface area contributed by atoms with Gasteiger partial charge in [0.1, 0.15) is 0 Å². The average molecular weight is 423 g/mol. The molecule has 1 N–H and O–H groups in total. The minimum atomic E-state index is -0.371. The summed E-state index contributed by atoms with van der Waals surface area (Å²) in [7, 11) is 1.63. The van der Waals surface area contributed by atoms with Gasteiger partial charge in [0, 0.05) is 30.8 Å². The fraction of sp³-hybridized carbons (Fsp3) is 0.227. The van der Waals surface area contributed by atoms with Crippen molar-refractivity contribution in [3.63, 3.8) is 0 Å². The van der Waals surface area contributed by atoms with E-state index in [0.717, 1.165) is 21.1 Å². The van der Waals surface area contributed by atoms with Crippen molar-refractivity contribution in [2.75, 3.05) is 20.3 Å². The number of nitrogens with one attached hydrogen (secondary N) is 1. The van der Waals surface area contributed by atoms with Gasteiger partial charge in [-0.05, 0) is 31.2 Å². The zero-order valence-corrected chi connectivity index (χ0v) is 17.5. The largest absolute Gasteiger partial charge is 0.462 e. The highest BCUT2D eigenvalue weighted by Crippen LogP contribution is 2.21. The standard InChI is InChI=1S/C22H21N3O4S/c1-3-29-21(27)14-8-9-18-19(12-14)30-22(25(18)10-11-28-2)24-20(26)16-13-23-17-7-5-4-6-15(16)17/h4-9,12-13,23H,3,10-11H2,1-2H3. The summed E-state index contributed by atoms with van der Waals surface area (Å²) in [5, 5.41) is 0.834. The molecule has 4 rings (SSSR count). The van der Waals surface area contributed by atoms with Crippen LogP contribution in [0.25, 0.3) is 21.1 Å². The normalized spacial score (nSPS) is 12.0. The van der Waals surface area contributed by atoms with Crippen LogP contribution in [0.3, 0.4) is 0 Å². The van der Waals surface area contributed by atoms with Crippen LogP contribution in [-0.2, 0) is 16.0 Å². The molecule has 0 bridgehead atoms. The molecular formula is C22H21N3O4S. The molecule has 30 heavy (non-hydrogen) atoms. The molecule has 4 aromatic rings. The fourth-order valence-corrected chi connectivity index (χ4v) is 4.39. The van der Waals surface area contributed by atoms with E-state index in [-0.39, 0.29) is 11.9 Å². The van der Waals surface area contributed by atoms with E-state index in [1.807, 2.05) is 34.9 Å². The van der Waals surface area contributed by atoms with Gasteiger partial charge in [0.05, 0.1) is 34.6 Å². The maximum Gasteiger partial charge on any atom is 0.338 e. The number of hydrogen-bond donors (Lipinski definition) is 1. The van der Waals surface area contributed by atoms with Crippen molar-refractivity contribution < 1.29 is 19.1 Å². The quantitative estimate of drug-likeness (QED) is 0.479. The Bertz CT molecular complexity index is 1300. The van der Waals surface area contributed by atoms with E-state index in [1.54, 1.807) is 32.4 Å². The molecule has 0 aliphatic rings. The highest BCUT2D eigenvalue weighted by molar-refractivity contribution is 7.16. The van der Waals surface area contributed by atoms with Gasteiger partial charge in [0.15, 0.2) is 4.80 Å². The first-order valence-corrected chi connectivity index (χ1v) is 10.4. The summed E-state index contributed by atoms with van der Waals surface area (Å²) in [5.41, 5.74) is 2.77. The lowest BCUT2D eigenvalue weighted by Crippen LogP contribution is -2.19. The number of thiazole rings is 1. The molecule has 0 fully saturated rings. The van der Waals surface area contributed by atoms with Gasteiger partial charge in [-0.3, -0.25) is 4.79 Å². The number of para-hydroxylation sites is 1. The first-order chi connectivity index (χ1) is 14.6. The molecule has 0 radical (unpaired) electrons. The summed E-state index contributed by atoms with van der Waals surface area (Å²) in [5.74, 6) is -0.694. The number of hydrogen-bond acceptors (Lipinski definition) is 5. The maximum atomic E-state index is 13.0. The van der Waals surface area contributed by atoms with Gasteiger partial charge >= 0.3 is 5.97 Å². The Balaban J connectivity index is 1.81. The average Bonchev–Trinajstić information content (AvgIpc) is 3.33. The maximum absolute atomic E-state index is 13.0. The number of amides is 1. The molecule has 8 heteroatoms. The molecule has 0 atom stereocenters. The van der Waals surface area contributed by atoms with E-state index in [4.69, 9.17) is 9.47 Å². The van der Waals surface area contributed by atoms with E-state index >= 15 is 0 Å². The molecule has 0 spiro atoms. The Labute approximate surface area is 176 Å². The summed E-state index contributed by atoms with van der Waals surface area (Å²) in [4.78, 5) is 33.1. The Morgan fingerprint density at radius 1 is 1.20 bits per heavy atom. The Kier molecular flexibility index (Phi) is 5.78. The number of aromatic amines is 1. The molecule has 0 aliphatic carbocycles. The second-order valence-electron chi connectivity index (χ2n) is 6.60. The number of carbonyl (C=O) groups is 2. The first kappa shape index (κ1) is 20.1. The molecule has 2 heterocycles. The summed E-state index contributed by atoms with van der Waals surface area (Å²) in [6.07, 6.45) is 1.68. The highest BCUT2D eigenvalue weighted by Gasteiger charge is 2.15. The lowest BCUT2D eigenvalue weighted by atomic mass is 10.2. The van der Waals surface area contributed by atoms with Crippen LogP contribution < -0.4 is 4.80 Å². The molecule has 0 aliphatic heterocycles. The summed E-state index contributed by atoms with van der Waals surface area (Å²) >= 11 is 1.36. The van der Waals surface area contributed by atoms with Crippen LogP contribution in [0, 0.1) is 0 Å². The number of methoxy groups -OCH3 is 1. The van der Waals surface area contributed by atoms with Crippen LogP contribution in [0.5, 0.6) is 0 Å². The molecule has 0 saturated carbocycles. The SMILES string of the molecule is CCOC(=O)c1ccc2c(c1)sc(=NC(=O)c1c[nH]c3ccccc13)n2CCOC. The zero-order chi connectivity index (χ0) is 21.1. The molecule has 154 valence electrons. The second-order valence-corrected chi connectivity index (χ2v) is 7.61. The number of nitrogens with zero attached hydrogens (tertiary/aromatic N) is 2. The predicted molar refractivity (Wildman–Crippen MR) is 116 cm³/mol. The van der Waals surface area contributed by atoms with Crippen LogP contribution in [-0.4, -0.2) is 41.8 Å². The first-order valence-electron chi connectivity index (χ1n) is 9.57. The van der Waals surface area contributed by atoms with Gasteiger partial charge in [0.25, 0.3) is 5.91 Å². The van der Waals surface area contributed by atoms with Crippen LogP contribution in [0.2, 0.25) is 0 Å². The molecule has 7 nitrogen and oxygen atoms in total. The van der Waals surface area contributed by atoms with E-state index in [1.165, 1.54) is 11.3 Å². The van der Waals surface area contributed by atoms with Crippen molar-refractivity contribution in [3.8, 4) is 0 Å². The fourth-order valence-electron chi connectivity index (χ4n) is 3.29. The van der Waals surface area contributed by atoms with Crippen molar-refractivity contribution in [1.82, 2.24) is 9.55 Å². The van der Waals surface area contributed by atoms with Crippen LogP contribution in [0.15, 0.2) is 53.7 Å². The van der Waals surface area contributed by atoms with Gasteiger partial charge in [0.2, 0.25) is 0 Å². The number of carbonyl (C=O) groups excluding carboxylic acids is 2. The van der Waals surface area contributed by atoms with Crippen LogP contribution >= 0.6 is 11.3 Å². The molecule has 0 unspecified atom stereocenters. The minimum absolute atomic E-state index is 0.314. The third kappa shape index (κ3) is 3.79. The summed E-state index contributed by atoms with van der Waals surface area (Å²) in [6, 6.07) is 13.0. The predicted octanol–water partition coefficient (Wildman–Crippen LogP) is 3.75. The number of H-pyrrole nitrogens is 1. The van der Waals surface area contributed by atoms with Crippen molar-refractivity contribution in [2.45, 2.75) is 13.5 Å². The zero-order valence-electron chi connectivity index (χ0n) is 16.7. The molecular weight excluding hydrogens is 402 g/mol. The van der Waals surface area contributed by atoms with Gasteiger partial charge in [-0.15, -0.1) is 0 Å². The van der Waals surface area contributed by atoms with E-state index in [2.05, 4.69) is 9.98 Å². The minimum Gasteiger partial charge on any atom is -0.462 e. The van der Waals surface area contributed by atoms with Gasteiger partial charge in [-0.1, -0.05) is 29.5 Å². The lowest BCUT2D eigenvalue weighted by molar-refractivity contribution is 0.0526. The van der Waals surface area contributed by atoms with Gasteiger partial charge < -0.3 is 19.0 Å². The molecule has 2 aromatic carbocycles. The highest BCUT2D eigenvalue weighted by atomic mass is 32.1. The Morgan fingerprint density at radius 3 is 2.83 bits per heavy atom. The smallest absolute Gasteiger partial charge is 0.338 e. The Hall–Kier alpha value is -3.23. The van der Waals surface area contributed by atoms with Gasteiger partial charge in [-0.2, -0.15) is 4.99 Å². The number of aromatic nitrogens is 2. The topological polar surface area (TPSA) is 85.7 Å². The van der Waals surface area contributed by atoms with E-state index < -0.39 is 0 Å². The number of fused-ring (bicyclic) bond motifs is 2. The van der Waals surface area contributed by atoms with E-state index in [9.17, 15) is 9.59 Å². The third-order valence-electron chi connectivity index (χ3n) is 4.73. The Morgan fingerprint density at radius 2 is 2.03 bits per heavy atom. The monoisotopic (exact) mass is 423 g/mol. The van der Waals surface area contributed by atoms with E-state index in [0.29, 0.717) is 35.7 Å². The van der Waals surface area contributed by atoms with Crippen molar-refractivity contribution in [1.29, 1.82) is 0 Å². The number of rotatable bonds is 6. The summed E-state index contributed by atoms with van der Waals surface area (Å²) in [6.45, 7) is 3.09. The van der Waals surface area contributed by atoms with Gasteiger partial charge in [-0.25, -0.2) is 4.79 Å². The van der Waals surface area contributed by atoms with Crippen LogP contribution in [0.4, 0.5) is 0 Å². The third-order valence-corrected chi connectivity index (χ3v) is 5.77. The molecule has 1 amide bonds. The van der Waals surface area contributed by atoms with Crippen molar-refractivity contribution in [3.05, 3.63) is 64.6 Å². The van der Waals surface area contributed by atoms with Crippen molar-refractivity contribution >= 4 is 44.3 Å². The molecule has 2 aromatic heterocycles. The number of ether oxygens (including phenoxy) is 2. The van der Waals surface area contributed by atoms with Crippen LogP contribution in [0.1, 0.15) is 27.6 Å². The summed E-state index contributed by atoms with van der Waals surface area (Å²) < 4.78 is 13.1. The molecule has 0 saturated heterocycles. The number of benzene rings is 2. The number of esters is 1. The second kappa shape index (κ2) is 8.64. The lowest BCUT2D eigenvalue weighted by Gasteiger charge is -2.05. The van der Waals surface area contributed by atoms with Crippen molar-refractivity contribution in [2.24, 2.45) is 4.99 Å².